The maximum Gasteiger partial charge on any atom is 0.127 e. The summed E-state index contributed by atoms with van der Waals surface area (Å²) in [7, 11) is 0. The summed E-state index contributed by atoms with van der Waals surface area (Å²) >= 11 is 0. The van der Waals surface area contributed by atoms with Gasteiger partial charge in [-0.15, -0.1) is 0 Å². The summed E-state index contributed by atoms with van der Waals surface area (Å²) < 4.78 is 6.10. The van der Waals surface area contributed by atoms with Crippen LogP contribution < -0.4 is 10.1 Å². The molecule has 3 rings (SSSR count). The highest BCUT2D eigenvalue weighted by Crippen LogP contribution is 2.31. The van der Waals surface area contributed by atoms with Gasteiger partial charge >= 0.3 is 0 Å². The van der Waals surface area contributed by atoms with Crippen molar-refractivity contribution in [1.29, 1.82) is 0 Å². The molecule has 0 amide bonds. The van der Waals surface area contributed by atoms with E-state index in [1.54, 1.807) is 0 Å². The van der Waals surface area contributed by atoms with Crippen LogP contribution in [0.5, 0.6) is 5.75 Å². The minimum atomic E-state index is 0.471. The van der Waals surface area contributed by atoms with Gasteiger partial charge < -0.3 is 10.1 Å². The van der Waals surface area contributed by atoms with E-state index in [2.05, 4.69) is 49.2 Å². The molecule has 2 heteroatoms. The van der Waals surface area contributed by atoms with Crippen LogP contribution in [0.4, 0.5) is 0 Å². The van der Waals surface area contributed by atoms with Gasteiger partial charge in [-0.2, -0.15) is 0 Å². The monoisotopic (exact) mass is 293 g/mol. The van der Waals surface area contributed by atoms with Crippen LogP contribution in [0.25, 0.3) is 5.57 Å². The third-order valence-corrected chi connectivity index (χ3v) is 4.18. The van der Waals surface area contributed by atoms with Crippen LogP contribution in [0.15, 0.2) is 55.1 Å². The minimum Gasteiger partial charge on any atom is -0.491 e. The molecule has 0 radical (unpaired) electrons. The average Bonchev–Trinajstić information content (AvgIpc) is 3.07. The average molecular weight is 293 g/mol. The normalized spacial score (nSPS) is 17.4. The van der Waals surface area contributed by atoms with Crippen molar-refractivity contribution >= 4 is 5.57 Å². The fourth-order valence-electron chi connectivity index (χ4n) is 2.89. The summed E-state index contributed by atoms with van der Waals surface area (Å²) in [4.78, 5) is 0. The van der Waals surface area contributed by atoms with Crippen molar-refractivity contribution in [3.8, 4) is 5.75 Å². The van der Waals surface area contributed by atoms with Crippen molar-refractivity contribution < 1.29 is 4.74 Å². The van der Waals surface area contributed by atoms with Crippen molar-refractivity contribution in [3.05, 3.63) is 71.8 Å². The molecular formula is C20H23NO. The first-order valence-electron chi connectivity index (χ1n) is 7.95. The highest BCUT2D eigenvalue weighted by atomic mass is 16.5. The number of nitrogens with one attached hydrogen (secondary N) is 1. The van der Waals surface area contributed by atoms with E-state index in [1.807, 2.05) is 18.2 Å². The molecule has 114 valence electrons. The van der Waals surface area contributed by atoms with Gasteiger partial charge in [0.05, 0.1) is 0 Å². The number of hydrogen-bond acceptors (Lipinski definition) is 2. The van der Waals surface area contributed by atoms with Crippen LogP contribution in [-0.2, 0) is 0 Å². The van der Waals surface area contributed by atoms with Gasteiger partial charge in [-0.3, -0.25) is 0 Å². The van der Waals surface area contributed by atoms with E-state index in [0.717, 1.165) is 35.6 Å². The molecule has 22 heavy (non-hydrogen) atoms. The lowest BCUT2D eigenvalue weighted by atomic mass is 9.97. The van der Waals surface area contributed by atoms with Crippen LogP contribution in [0.2, 0.25) is 0 Å². The summed E-state index contributed by atoms with van der Waals surface area (Å²) in [6.07, 6.45) is 2.44. The molecule has 1 aliphatic heterocycles. The van der Waals surface area contributed by atoms with Crippen molar-refractivity contribution in [3.63, 3.8) is 0 Å². The van der Waals surface area contributed by atoms with E-state index >= 15 is 0 Å². The Hall–Kier alpha value is -2.06. The predicted octanol–water partition coefficient (Wildman–Crippen LogP) is 4.19. The first-order chi connectivity index (χ1) is 10.7. The molecule has 2 nitrogen and oxygen atoms in total. The molecule has 1 fully saturated rings. The van der Waals surface area contributed by atoms with Gasteiger partial charge in [0.25, 0.3) is 0 Å². The Morgan fingerprint density at radius 3 is 2.77 bits per heavy atom. The van der Waals surface area contributed by atoms with Gasteiger partial charge in [0.2, 0.25) is 0 Å². The van der Waals surface area contributed by atoms with Crippen LogP contribution in [-0.4, -0.2) is 19.2 Å². The number of aryl methyl sites for hydroxylation is 1. The second kappa shape index (κ2) is 6.80. The van der Waals surface area contributed by atoms with Gasteiger partial charge in [-0.1, -0.05) is 48.5 Å². The lowest BCUT2D eigenvalue weighted by Gasteiger charge is -2.17. The van der Waals surface area contributed by atoms with Crippen LogP contribution >= 0.6 is 0 Å². The topological polar surface area (TPSA) is 21.3 Å². The number of ether oxygens (including phenoxy) is 1. The Kier molecular flexibility index (Phi) is 4.59. The Bertz CT molecular complexity index is 642. The molecule has 1 atom stereocenters. The van der Waals surface area contributed by atoms with Crippen molar-refractivity contribution in [2.45, 2.75) is 25.8 Å². The van der Waals surface area contributed by atoms with E-state index in [9.17, 15) is 0 Å². The summed E-state index contributed by atoms with van der Waals surface area (Å²) in [6.45, 7) is 8.21. The lowest BCUT2D eigenvalue weighted by molar-refractivity contribution is 0.276. The van der Waals surface area contributed by atoms with E-state index < -0.39 is 0 Å². The maximum atomic E-state index is 6.10. The Morgan fingerprint density at radius 2 is 2.05 bits per heavy atom. The van der Waals surface area contributed by atoms with Gasteiger partial charge in [-0.05, 0) is 49.6 Å². The fourth-order valence-corrected chi connectivity index (χ4v) is 2.89. The zero-order valence-corrected chi connectivity index (χ0v) is 13.1. The molecule has 1 N–H and O–H groups in total. The molecule has 2 aromatic carbocycles. The zero-order chi connectivity index (χ0) is 15.4. The Morgan fingerprint density at radius 1 is 1.23 bits per heavy atom. The number of benzene rings is 2. The molecule has 1 heterocycles. The van der Waals surface area contributed by atoms with Gasteiger partial charge in [0.1, 0.15) is 12.4 Å². The molecule has 1 aliphatic rings. The standard InChI is InChI=1S/C20H23NO/c1-15-10-11-20(22-14-18-9-6-12-21-18)19(13-15)16(2)17-7-4-3-5-8-17/h3-5,7-8,10-11,13,18,21H,2,6,9,12,14H2,1H3. The van der Waals surface area contributed by atoms with Gasteiger partial charge in [-0.25, -0.2) is 0 Å². The molecule has 0 spiro atoms. The largest absolute Gasteiger partial charge is 0.491 e. The van der Waals surface area contributed by atoms with Crippen molar-refractivity contribution in [1.82, 2.24) is 5.32 Å². The van der Waals surface area contributed by atoms with Crippen LogP contribution in [0.1, 0.15) is 29.5 Å². The smallest absolute Gasteiger partial charge is 0.127 e. The van der Waals surface area contributed by atoms with E-state index in [-0.39, 0.29) is 0 Å². The van der Waals surface area contributed by atoms with Gasteiger partial charge in [0.15, 0.2) is 0 Å². The molecule has 0 aromatic heterocycles. The molecule has 1 saturated heterocycles. The van der Waals surface area contributed by atoms with E-state index in [1.165, 1.54) is 18.4 Å². The molecule has 1 unspecified atom stereocenters. The third kappa shape index (κ3) is 3.40. The maximum absolute atomic E-state index is 6.10. The summed E-state index contributed by atoms with van der Waals surface area (Å²) in [5.74, 6) is 0.924. The summed E-state index contributed by atoms with van der Waals surface area (Å²) in [5.41, 5.74) is 4.46. The molecule has 2 aromatic rings. The lowest BCUT2D eigenvalue weighted by Crippen LogP contribution is -2.28. The zero-order valence-electron chi connectivity index (χ0n) is 13.1. The van der Waals surface area contributed by atoms with Crippen molar-refractivity contribution in [2.24, 2.45) is 0 Å². The van der Waals surface area contributed by atoms with Crippen molar-refractivity contribution in [2.75, 3.05) is 13.2 Å². The minimum absolute atomic E-state index is 0.471. The van der Waals surface area contributed by atoms with Crippen LogP contribution in [0.3, 0.4) is 0 Å². The molecule has 0 bridgehead atoms. The van der Waals surface area contributed by atoms with E-state index in [4.69, 9.17) is 4.74 Å². The van der Waals surface area contributed by atoms with Crippen LogP contribution in [0, 0.1) is 6.92 Å². The molecule has 0 saturated carbocycles. The SMILES string of the molecule is C=C(c1ccccc1)c1cc(C)ccc1OCC1CCCN1. The highest BCUT2D eigenvalue weighted by molar-refractivity contribution is 5.81. The fraction of sp³-hybridized carbons (Fsp3) is 0.300. The quantitative estimate of drug-likeness (QED) is 0.892. The second-order valence-corrected chi connectivity index (χ2v) is 5.95. The summed E-state index contributed by atoms with van der Waals surface area (Å²) in [5, 5.41) is 3.47. The molecule has 0 aliphatic carbocycles. The summed E-state index contributed by atoms with van der Waals surface area (Å²) in [6, 6.07) is 17.1. The first kappa shape index (κ1) is 14.9. The number of hydrogen-bond donors (Lipinski definition) is 1. The van der Waals surface area contributed by atoms with Gasteiger partial charge in [0, 0.05) is 11.6 Å². The predicted molar refractivity (Wildman–Crippen MR) is 92.3 cm³/mol. The Balaban J connectivity index is 1.82. The molecular weight excluding hydrogens is 270 g/mol. The second-order valence-electron chi connectivity index (χ2n) is 5.95. The highest BCUT2D eigenvalue weighted by Gasteiger charge is 2.16. The first-order valence-corrected chi connectivity index (χ1v) is 7.95. The number of rotatable bonds is 5. The Labute approximate surface area is 132 Å². The third-order valence-electron chi connectivity index (χ3n) is 4.18. The van der Waals surface area contributed by atoms with E-state index in [0.29, 0.717) is 6.04 Å².